The molecule has 0 spiro atoms. The molecule has 0 aromatic heterocycles. The summed E-state index contributed by atoms with van der Waals surface area (Å²) in [5.41, 5.74) is 6.62. The average Bonchev–Trinajstić information content (AvgIpc) is 2.43. The maximum Gasteiger partial charge on any atom is 0.175 e. The molecule has 0 aliphatic carbocycles. The molecule has 0 aliphatic heterocycles. The molecule has 2 N–H and O–H groups in total. The van der Waals surface area contributed by atoms with Crippen molar-refractivity contribution in [2.45, 2.75) is 26.3 Å². The van der Waals surface area contributed by atoms with Gasteiger partial charge in [-0.1, -0.05) is 13.3 Å². The summed E-state index contributed by atoms with van der Waals surface area (Å²) >= 11 is 3.47. The standard InChI is InChI=1S/C14H22BrNO3/c1-3-4-5-18-6-7-19-14-12(15)8-11(10-16)9-13(14)17-2/h8-9H,3-7,10,16H2,1-2H3. The fourth-order valence-corrected chi connectivity index (χ4v) is 2.19. The van der Waals surface area contributed by atoms with E-state index in [-0.39, 0.29) is 0 Å². The van der Waals surface area contributed by atoms with Gasteiger partial charge < -0.3 is 19.9 Å². The van der Waals surface area contributed by atoms with Crippen LogP contribution < -0.4 is 15.2 Å². The van der Waals surface area contributed by atoms with E-state index in [1.165, 1.54) is 0 Å². The monoisotopic (exact) mass is 331 g/mol. The van der Waals surface area contributed by atoms with Crippen LogP contribution in [0, 0.1) is 0 Å². The minimum atomic E-state index is 0.468. The maximum atomic E-state index is 5.70. The van der Waals surface area contributed by atoms with Crippen LogP contribution in [0.15, 0.2) is 16.6 Å². The zero-order valence-corrected chi connectivity index (χ0v) is 13.2. The second kappa shape index (κ2) is 9.18. The Bertz CT molecular complexity index is 385. The van der Waals surface area contributed by atoms with Crippen molar-refractivity contribution in [3.8, 4) is 11.5 Å². The number of methoxy groups -OCH3 is 1. The molecule has 0 unspecified atom stereocenters. The van der Waals surface area contributed by atoms with Crippen LogP contribution in [0.3, 0.4) is 0 Å². The Kier molecular flexibility index (Phi) is 7.86. The predicted molar refractivity (Wildman–Crippen MR) is 79.8 cm³/mol. The summed E-state index contributed by atoms with van der Waals surface area (Å²) in [5, 5.41) is 0. The molecule has 0 aliphatic rings. The number of benzene rings is 1. The number of rotatable bonds is 9. The molecule has 5 heteroatoms. The molecule has 0 radical (unpaired) electrons. The first-order chi connectivity index (χ1) is 9.22. The van der Waals surface area contributed by atoms with Crippen molar-refractivity contribution in [1.82, 2.24) is 0 Å². The summed E-state index contributed by atoms with van der Waals surface area (Å²) < 4.78 is 17.3. The third-order valence-electron chi connectivity index (χ3n) is 2.64. The highest BCUT2D eigenvalue weighted by molar-refractivity contribution is 9.10. The molecular formula is C14H22BrNO3. The molecule has 0 amide bonds. The van der Waals surface area contributed by atoms with Gasteiger partial charge in [0.05, 0.1) is 18.2 Å². The van der Waals surface area contributed by atoms with Gasteiger partial charge >= 0.3 is 0 Å². The summed E-state index contributed by atoms with van der Waals surface area (Å²) in [4.78, 5) is 0. The van der Waals surface area contributed by atoms with Crippen LogP contribution in [-0.2, 0) is 11.3 Å². The van der Waals surface area contributed by atoms with Gasteiger partial charge in [-0.3, -0.25) is 0 Å². The fraction of sp³-hybridized carbons (Fsp3) is 0.571. The summed E-state index contributed by atoms with van der Waals surface area (Å²) in [6.07, 6.45) is 2.22. The lowest BCUT2D eigenvalue weighted by molar-refractivity contribution is 0.0967. The molecule has 0 heterocycles. The molecule has 4 nitrogen and oxygen atoms in total. The van der Waals surface area contributed by atoms with Gasteiger partial charge in [0, 0.05) is 13.2 Å². The van der Waals surface area contributed by atoms with Crippen LogP contribution >= 0.6 is 15.9 Å². The Morgan fingerprint density at radius 2 is 2.00 bits per heavy atom. The molecule has 0 saturated carbocycles. The van der Waals surface area contributed by atoms with Crippen molar-refractivity contribution in [2.75, 3.05) is 26.9 Å². The summed E-state index contributed by atoms with van der Waals surface area (Å²) in [5.74, 6) is 1.38. The molecule has 1 aromatic carbocycles. The fourth-order valence-electron chi connectivity index (χ4n) is 1.58. The number of ether oxygens (including phenoxy) is 3. The maximum absolute atomic E-state index is 5.70. The van der Waals surface area contributed by atoms with E-state index < -0.39 is 0 Å². The lowest BCUT2D eigenvalue weighted by Gasteiger charge is -2.14. The van der Waals surface area contributed by atoms with Crippen LogP contribution in [-0.4, -0.2) is 26.9 Å². The minimum Gasteiger partial charge on any atom is -0.493 e. The topological polar surface area (TPSA) is 53.7 Å². The molecule has 0 bridgehead atoms. The van der Waals surface area contributed by atoms with E-state index in [0.717, 1.165) is 29.5 Å². The van der Waals surface area contributed by atoms with E-state index in [1.54, 1.807) is 7.11 Å². The van der Waals surface area contributed by atoms with Crippen molar-refractivity contribution in [1.29, 1.82) is 0 Å². The van der Waals surface area contributed by atoms with Crippen LogP contribution in [0.5, 0.6) is 11.5 Å². The molecule has 1 rings (SSSR count). The van der Waals surface area contributed by atoms with Crippen LogP contribution in [0.25, 0.3) is 0 Å². The van der Waals surface area contributed by atoms with Crippen LogP contribution in [0.1, 0.15) is 25.3 Å². The van der Waals surface area contributed by atoms with Crippen LogP contribution in [0.2, 0.25) is 0 Å². The van der Waals surface area contributed by atoms with Crippen LogP contribution in [0.4, 0.5) is 0 Å². The predicted octanol–water partition coefficient (Wildman–Crippen LogP) is 3.11. The summed E-state index contributed by atoms with van der Waals surface area (Å²) in [7, 11) is 1.62. The zero-order chi connectivity index (χ0) is 14.1. The third-order valence-corrected chi connectivity index (χ3v) is 3.23. The molecule has 0 saturated heterocycles. The highest BCUT2D eigenvalue weighted by Crippen LogP contribution is 2.36. The third kappa shape index (κ3) is 5.38. The van der Waals surface area contributed by atoms with Crippen molar-refractivity contribution in [3.05, 3.63) is 22.2 Å². The largest absolute Gasteiger partial charge is 0.493 e. The van der Waals surface area contributed by atoms with Gasteiger partial charge in [-0.25, -0.2) is 0 Å². The first-order valence-corrected chi connectivity index (χ1v) is 7.29. The first-order valence-electron chi connectivity index (χ1n) is 6.50. The van der Waals surface area contributed by atoms with E-state index in [1.807, 2.05) is 12.1 Å². The number of halogens is 1. The van der Waals surface area contributed by atoms with Crippen molar-refractivity contribution in [2.24, 2.45) is 5.73 Å². The molecule has 1 aromatic rings. The quantitative estimate of drug-likeness (QED) is 0.706. The SMILES string of the molecule is CCCCOCCOc1c(Br)cc(CN)cc1OC. The van der Waals surface area contributed by atoms with Crippen molar-refractivity contribution < 1.29 is 14.2 Å². The highest BCUT2D eigenvalue weighted by atomic mass is 79.9. The van der Waals surface area contributed by atoms with Gasteiger partial charge in [0.15, 0.2) is 11.5 Å². The second-order valence-corrected chi connectivity index (χ2v) is 4.98. The number of hydrogen-bond donors (Lipinski definition) is 1. The Labute approximate surface area is 123 Å². The molecule has 108 valence electrons. The smallest absolute Gasteiger partial charge is 0.175 e. The van der Waals surface area contributed by atoms with Crippen molar-refractivity contribution in [3.63, 3.8) is 0 Å². The first kappa shape index (κ1) is 16.3. The molecule has 0 fully saturated rings. The Hall–Kier alpha value is -0.780. The average molecular weight is 332 g/mol. The second-order valence-electron chi connectivity index (χ2n) is 4.13. The van der Waals surface area contributed by atoms with E-state index in [0.29, 0.717) is 31.3 Å². The highest BCUT2D eigenvalue weighted by Gasteiger charge is 2.11. The van der Waals surface area contributed by atoms with E-state index in [4.69, 9.17) is 19.9 Å². The van der Waals surface area contributed by atoms with E-state index in [2.05, 4.69) is 22.9 Å². The minimum absolute atomic E-state index is 0.468. The Morgan fingerprint density at radius 3 is 2.63 bits per heavy atom. The normalized spacial score (nSPS) is 10.5. The van der Waals surface area contributed by atoms with Gasteiger partial charge in [0.25, 0.3) is 0 Å². The van der Waals surface area contributed by atoms with E-state index >= 15 is 0 Å². The molecular weight excluding hydrogens is 310 g/mol. The number of nitrogens with two attached hydrogens (primary N) is 1. The Balaban J connectivity index is 2.52. The lowest BCUT2D eigenvalue weighted by atomic mass is 10.2. The molecule has 0 atom stereocenters. The van der Waals surface area contributed by atoms with E-state index in [9.17, 15) is 0 Å². The zero-order valence-electron chi connectivity index (χ0n) is 11.6. The molecule has 19 heavy (non-hydrogen) atoms. The van der Waals surface area contributed by atoms with Crippen molar-refractivity contribution >= 4 is 15.9 Å². The summed E-state index contributed by atoms with van der Waals surface area (Å²) in [6, 6.07) is 3.83. The number of hydrogen-bond acceptors (Lipinski definition) is 4. The lowest BCUT2D eigenvalue weighted by Crippen LogP contribution is -2.09. The van der Waals surface area contributed by atoms with Gasteiger partial charge in [-0.15, -0.1) is 0 Å². The Morgan fingerprint density at radius 1 is 1.21 bits per heavy atom. The number of unbranched alkanes of at least 4 members (excludes halogenated alkanes) is 1. The summed E-state index contributed by atoms with van der Waals surface area (Å²) in [6.45, 7) is 4.47. The van der Waals surface area contributed by atoms with Gasteiger partial charge in [0.2, 0.25) is 0 Å². The van der Waals surface area contributed by atoms with Gasteiger partial charge in [0.1, 0.15) is 6.61 Å². The van der Waals surface area contributed by atoms with Gasteiger partial charge in [-0.05, 0) is 40.0 Å². The van der Waals surface area contributed by atoms with Gasteiger partial charge in [-0.2, -0.15) is 0 Å².